The molecule has 0 fully saturated rings. The highest BCUT2D eigenvalue weighted by molar-refractivity contribution is 5.83. The van der Waals surface area contributed by atoms with Crippen LogP contribution in [0.4, 0.5) is 0 Å². The van der Waals surface area contributed by atoms with Crippen LogP contribution >= 0.6 is 0 Å². The molecule has 3 aromatic rings. The predicted octanol–water partition coefficient (Wildman–Crippen LogP) is 2.20. The van der Waals surface area contributed by atoms with Gasteiger partial charge >= 0.3 is 0 Å². The van der Waals surface area contributed by atoms with Crippen LogP contribution in [0.3, 0.4) is 0 Å². The summed E-state index contributed by atoms with van der Waals surface area (Å²) in [5.74, 6) is 0.928. The molecule has 0 aliphatic rings. The van der Waals surface area contributed by atoms with E-state index in [1.807, 2.05) is 25.5 Å². The Hall–Kier alpha value is -2.07. The molecule has 1 aromatic carbocycles. The molecule has 0 aliphatic heterocycles. The number of imidazole rings is 1. The molecule has 2 heterocycles. The fourth-order valence-electron chi connectivity index (χ4n) is 2.21. The van der Waals surface area contributed by atoms with Crippen molar-refractivity contribution in [1.82, 2.24) is 20.3 Å². The molecule has 1 unspecified atom stereocenters. The summed E-state index contributed by atoms with van der Waals surface area (Å²) in [5, 5.41) is 4.51. The molecule has 0 radical (unpaired) electrons. The van der Waals surface area contributed by atoms with Gasteiger partial charge in [0.2, 0.25) is 0 Å². The fraction of sp³-hybridized carbons (Fsp3) is 0.154. The van der Waals surface area contributed by atoms with Crippen LogP contribution in [0, 0.1) is 0 Å². The fourth-order valence-corrected chi connectivity index (χ4v) is 2.21. The van der Waals surface area contributed by atoms with Crippen LogP contribution in [0.1, 0.15) is 17.4 Å². The highest BCUT2D eigenvalue weighted by Gasteiger charge is 2.17. The number of nitrogens with zero attached hydrogens (tertiary/aromatic N) is 1. The molecular weight excluding hydrogens is 212 g/mol. The van der Waals surface area contributed by atoms with Gasteiger partial charge in [-0.15, -0.1) is 0 Å². The van der Waals surface area contributed by atoms with Crippen molar-refractivity contribution in [3.05, 3.63) is 54.2 Å². The second-order valence-electron chi connectivity index (χ2n) is 3.99. The lowest BCUT2D eigenvalue weighted by Crippen LogP contribution is -2.18. The van der Waals surface area contributed by atoms with Gasteiger partial charge in [-0.25, -0.2) is 4.98 Å². The smallest absolute Gasteiger partial charge is 0.127 e. The number of H-pyrrole nitrogens is 2. The van der Waals surface area contributed by atoms with E-state index in [1.54, 1.807) is 6.20 Å². The van der Waals surface area contributed by atoms with E-state index in [2.05, 4.69) is 38.5 Å². The van der Waals surface area contributed by atoms with E-state index in [1.165, 1.54) is 10.9 Å². The molecule has 4 heteroatoms. The molecule has 0 amide bonds. The summed E-state index contributed by atoms with van der Waals surface area (Å²) in [5.41, 5.74) is 2.35. The highest BCUT2D eigenvalue weighted by atomic mass is 15.0. The van der Waals surface area contributed by atoms with E-state index >= 15 is 0 Å². The lowest BCUT2D eigenvalue weighted by molar-refractivity contribution is 0.659. The second kappa shape index (κ2) is 4.07. The molecule has 0 saturated carbocycles. The van der Waals surface area contributed by atoms with E-state index in [9.17, 15) is 0 Å². The molecule has 3 N–H and O–H groups in total. The number of fused-ring (bicyclic) bond motifs is 1. The minimum absolute atomic E-state index is 0.0844. The largest absolute Gasteiger partial charge is 0.361 e. The summed E-state index contributed by atoms with van der Waals surface area (Å²) in [7, 11) is 1.94. The minimum atomic E-state index is 0.0844. The number of para-hydroxylation sites is 1. The van der Waals surface area contributed by atoms with Gasteiger partial charge in [0, 0.05) is 35.1 Å². The zero-order valence-corrected chi connectivity index (χ0v) is 9.57. The average molecular weight is 226 g/mol. The number of nitrogens with one attached hydrogen (secondary N) is 3. The Morgan fingerprint density at radius 1 is 1.24 bits per heavy atom. The first-order valence-corrected chi connectivity index (χ1v) is 5.62. The van der Waals surface area contributed by atoms with Crippen LogP contribution in [-0.4, -0.2) is 22.0 Å². The molecule has 4 nitrogen and oxygen atoms in total. The molecule has 1 atom stereocenters. The van der Waals surface area contributed by atoms with E-state index in [4.69, 9.17) is 0 Å². The van der Waals surface area contributed by atoms with Gasteiger partial charge in [0.1, 0.15) is 5.82 Å². The first-order chi connectivity index (χ1) is 8.40. The standard InChI is InChI=1S/C13H14N4/c1-14-12(13-15-6-7-16-13)10-8-17-11-5-3-2-4-9(10)11/h2-8,12,14,17H,1H3,(H,15,16). The first kappa shape index (κ1) is 10.1. The van der Waals surface area contributed by atoms with Gasteiger partial charge in [-0.05, 0) is 13.1 Å². The van der Waals surface area contributed by atoms with Crippen LogP contribution in [0.2, 0.25) is 0 Å². The van der Waals surface area contributed by atoms with Gasteiger partial charge < -0.3 is 15.3 Å². The maximum Gasteiger partial charge on any atom is 0.127 e. The summed E-state index contributed by atoms with van der Waals surface area (Å²) < 4.78 is 0. The van der Waals surface area contributed by atoms with Crippen molar-refractivity contribution in [2.45, 2.75) is 6.04 Å². The molecule has 0 aliphatic carbocycles. The third-order valence-corrected chi connectivity index (χ3v) is 3.01. The van der Waals surface area contributed by atoms with Crippen molar-refractivity contribution in [2.24, 2.45) is 0 Å². The molecule has 0 spiro atoms. The topological polar surface area (TPSA) is 56.5 Å². The molecule has 0 bridgehead atoms. The SMILES string of the molecule is CNC(c1ncc[nH]1)c1c[nH]c2ccccc12. The van der Waals surface area contributed by atoms with E-state index in [0.717, 1.165) is 11.3 Å². The third-order valence-electron chi connectivity index (χ3n) is 3.01. The Balaban J connectivity index is 2.13. The normalized spacial score (nSPS) is 13.0. The lowest BCUT2D eigenvalue weighted by atomic mass is 10.1. The summed E-state index contributed by atoms with van der Waals surface area (Å²) in [6.45, 7) is 0. The first-order valence-electron chi connectivity index (χ1n) is 5.62. The molecule has 3 rings (SSSR count). The molecular formula is C13H14N4. The Morgan fingerprint density at radius 3 is 2.88 bits per heavy atom. The Bertz CT molecular complexity index is 609. The van der Waals surface area contributed by atoms with E-state index < -0.39 is 0 Å². The zero-order valence-electron chi connectivity index (χ0n) is 9.57. The maximum absolute atomic E-state index is 4.32. The summed E-state index contributed by atoms with van der Waals surface area (Å²) in [6, 6.07) is 8.36. The van der Waals surface area contributed by atoms with Crippen LogP contribution in [0.5, 0.6) is 0 Å². The number of benzene rings is 1. The van der Waals surface area contributed by atoms with Crippen LogP contribution < -0.4 is 5.32 Å². The Labute approximate surface area is 99.1 Å². The van der Waals surface area contributed by atoms with Gasteiger partial charge in [-0.2, -0.15) is 0 Å². The van der Waals surface area contributed by atoms with Crippen molar-refractivity contribution >= 4 is 10.9 Å². The van der Waals surface area contributed by atoms with Crippen molar-refractivity contribution in [3.8, 4) is 0 Å². The van der Waals surface area contributed by atoms with Gasteiger partial charge in [-0.1, -0.05) is 18.2 Å². The predicted molar refractivity (Wildman–Crippen MR) is 67.8 cm³/mol. The van der Waals surface area contributed by atoms with Crippen molar-refractivity contribution in [1.29, 1.82) is 0 Å². The quantitative estimate of drug-likeness (QED) is 0.641. The summed E-state index contributed by atoms with van der Waals surface area (Å²) in [4.78, 5) is 10.8. The summed E-state index contributed by atoms with van der Waals surface area (Å²) in [6.07, 6.45) is 5.65. The number of aromatic nitrogens is 3. The van der Waals surface area contributed by atoms with Crippen LogP contribution in [0.15, 0.2) is 42.9 Å². The van der Waals surface area contributed by atoms with Gasteiger partial charge in [0.25, 0.3) is 0 Å². The second-order valence-corrected chi connectivity index (χ2v) is 3.99. The number of aromatic amines is 2. The van der Waals surface area contributed by atoms with E-state index in [0.29, 0.717) is 0 Å². The van der Waals surface area contributed by atoms with Gasteiger partial charge in [-0.3, -0.25) is 0 Å². The van der Waals surface area contributed by atoms with Gasteiger partial charge in [0.05, 0.1) is 6.04 Å². The number of hydrogen-bond acceptors (Lipinski definition) is 2. The maximum atomic E-state index is 4.32. The van der Waals surface area contributed by atoms with Crippen molar-refractivity contribution in [3.63, 3.8) is 0 Å². The number of rotatable bonds is 3. The number of hydrogen-bond donors (Lipinski definition) is 3. The summed E-state index contributed by atoms with van der Waals surface area (Å²) >= 11 is 0. The third kappa shape index (κ3) is 1.62. The lowest BCUT2D eigenvalue weighted by Gasteiger charge is -2.12. The van der Waals surface area contributed by atoms with Crippen LogP contribution in [-0.2, 0) is 0 Å². The van der Waals surface area contributed by atoms with Gasteiger partial charge in [0.15, 0.2) is 0 Å². The highest BCUT2D eigenvalue weighted by Crippen LogP contribution is 2.26. The molecule has 86 valence electrons. The average Bonchev–Trinajstić information content (AvgIpc) is 3.01. The van der Waals surface area contributed by atoms with Crippen molar-refractivity contribution < 1.29 is 0 Å². The molecule has 17 heavy (non-hydrogen) atoms. The molecule has 2 aromatic heterocycles. The van der Waals surface area contributed by atoms with Crippen LogP contribution in [0.25, 0.3) is 10.9 Å². The van der Waals surface area contributed by atoms with E-state index in [-0.39, 0.29) is 6.04 Å². The van der Waals surface area contributed by atoms with Crippen molar-refractivity contribution in [2.75, 3.05) is 7.05 Å². The Kier molecular flexibility index (Phi) is 2.42. The minimum Gasteiger partial charge on any atom is -0.361 e. The Morgan fingerprint density at radius 2 is 2.12 bits per heavy atom. The monoisotopic (exact) mass is 226 g/mol. The zero-order chi connectivity index (χ0) is 11.7. The molecule has 0 saturated heterocycles.